The summed E-state index contributed by atoms with van der Waals surface area (Å²) in [5, 5.41) is 1.48. The smallest absolute Gasteiger partial charge is 0.244 e. The number of ether oxygens (including phenoxy) is 3. The van der Waals surface area contributed by atoms with Gasteiger partial charge in [-0.3, -0.25) is 0 Å². The van der Waals surface area contributed by atoms with E-state index in [9.17, 15) is 8.42 Å². The van der Waals surface area contributed by atoms with Crippen LogP contribution in [0.4, 0.5) is 0 Å². The van der Waals surface area contributed by atoms with Gasteiger partial charge in [0.05, 0.1) is 31.6 Å². The molecule has 0 radical (unpaired) electrons. The zero-order chi connectivity index (χ0) is 21.3. The zero-order valence-corrected chi connectivity index (χ0v) is 18.6. The summed E-state index contributed by atoms with van der Waals surface area (Å²) in [4.78, 5) is 0.285. The van der Waals surface area contributed by atoms with Crippen molar-refractivity contribution < 1.29 is 22.6 Å². The molecule has 8 heteroatoms. The van der Waals surface area contributed by atoms with Crippen molar-refractivity contribution in [1.82, 2.24) is 4.31 Å². The standard InChI is InChI=1S/C22H23NO5S2/c1-26-19-14-21(28-3)20(27-2)13-18(19)22-23(10-11-29-22)30(24,25)17-9-8-15-6-4-5-7-16(15)12-17/h4-9,12-14,22H,10-11H2,1-3H3. The van der Waals surface area contributed by atoms with Crippen molar-refractivity contribution in [3.05, 3.63) is 60.2 Å². The molecule has 1 aliphatic rings. The lowest BCUT2D eigenvalue weighted by Gasteiger charge is -2.26. The fraction of sp³-hybridized carbons (Fsp3) is 0.273. The summed E-state index contributed by atoms with van der Waals surface area (Å²) in [5.41, 5.74) is 0.738. The van der Waals surface area contributed by atoms with Crippen molar-refractivity contribution in [3.8, 4) is 17.2 Å². The van der Waals surface area contributed by atoms with Crippen molar-refractivity contribution >= 4 is 32.6 Å². The second-order valence-electron chi connectivity index (χ2n) is 6.80. The Bertz CT molecular complexity index is 1180. The Kier molecular flexibility index (Phi) is 5.81. The van der Waals surface area contributed by atoms with Crippen LogP contribution in [0.2, 0.25) is 0 Å². The Balaban J connectivity index is 1.77. The van der Waals surface area contributed by atoms with Crippen LogP contribution in [0, 0.1) is 0 Å². The van der Waals surface area contributed by atoms with Crippen LogP contribution in [-0.4, -0.2) is 46.4 Å². The van der Waals surface area contributed by atoms with Gasteiger partial charge in [-0.25, -0.2) is 8.42 Å². The average molecular weight is 446 g/mol. The maximum Gasteiger partial charge on any atom is 0.244 e. The molecule has 1 fully saturated rings. The van der Waals surface area contributed by atoms with E-state index in [1.54, 1.807) is 57.4 Å². The summed E-state index contributed by atoms with van der Waals surface area (Å²) in [5.74, 6) is 2.31. The number of hydrogen-bond donors (Lipinski definition) is 0. The number of benzene rings is 3. The number of sulfonamides is 1. The van der Waals surface area contributed by atoms with E-state index in [-0.39, 0.29) is 4.90 Å². The van der Waals surface area contributed by atoms with Crippen LogP contribution in [0.1, 0.15) is 10.9 Å². The monoisotopic (exact) mass is 445 g/mol. The van der Waals surface area contributed by atoms with E-state index >= 15 is 0 Å². The number of hydrogen-bond acceptors (Lipinski definition) is 6. The second kappa shape index (κ2) is 8.37. The van der Waals surface area contributed by atoms with Gasteiger partial charge in [0.25, 0.3) is 0 Å². The van der Waals surface area contributed by atoms with E-state index in [0.717, 1.165) is 16.3 Å². The Labute approximate surface area is 180 Å². The van der Waals surface area contributed by atoms with Gasteiger partial charge in [0.1, 0.15) is 5.75 Å². The molecule has 1 aliphatic heterocycles. The predicted octanol–water partition coefficient (Wildman–Crippen LogP) is 4.30. The molecule has 3 aromatic carbocycles. The number of methoxy groups -OCH3 is 3. The highest BCUT2D eigenvalue weighted by molar-refractivity contribution is 8.01. The van der Waals surface area contributed by atoms with Crippen LogP contribution in [0.25, 0.3) is 10.8 Å². The van der Waals surface area contributed by atoms with E-state index in [4.69, 9.17) is 14.2 Å². The third kappa shape index (κ3) is 3.59. The number of fused-ring (bicyclic) bond motifs is 1. The highest BCUT2D eigenvalue weighted by Gasteiger charge is 2.39. The Morgan fingerprint density at radius 3 is 2.23 bits per heavy atom. The molecule has 1 heterocycles. The zero-order valence-electron chi connectivity index (χ0n) is 17.0. The lowest BCUT2D eigenvalue weighted by molar-refractivity contribution is 0.344. The summed E-state index contributed by atoms with van der Waals surface area (Å²) in [6.45, 7) is 0.419. The summed E-state index contributed by atoms with van der Waals surface area (Å²) >= 11 is 1.56. The molecule has 1 atom stereocenters. The van der Waals surface area contributed by atoms with Crippen molar-refractivity contribution in [3.63, 3.8) is 0 Å². The van der Waals surface area contributed by atoms with Gasteiger partial charge in [-0.2, -0.15) is 4.31 Å². The first-order valence-corrected chi connectivity index (χ1v) is 11.9. The highest BCUT2D eigenvalue weighted by atomic mass is 32.2. The maximum absolute atomic E-state index is 13.6. The van der Waals surface area contributed by atoms with Crippen molar-refractivity contribution in [2.24, 2.45) is 0 Å². The minimum atomic E-state index is -3.70. The minimum Gasteiger partial charge on any atom is -0.496 e. The predicted molar refractivity (Wildman–Crippen MR) is 119 cm³/mol. The summed E-state index contributed by atoms with van der Waals surface area (Å²) < 4.78 is 45.0. The minimum absolute atomic E-state index is 0.285. The summed E-state index contributed by atoms with van der Waals surface area (Å²) in [6, 6.07) is 16.5. The lowest BCUT2D eigenvalue weighted by Crippen LogP contribution is -2.30. The van der Waals surface area contributed by atoms with Gasteiger partial charge >= 0.3 is 0 Å². The van der Waals surface area contributed by atoms with Crippen LogP contribution < -0.4 is 14.2 Å². The largest absolute Gasteiger partial charge is 0.496 e. The first-order chi connectivity index (χ1) is 14.5. The molecule has 1 saturated heterocycles. The molecule has 0 saturated carbocycles. The van der Waals surface area contributed by atoms with Gasteiger partial charge in [0.15, 0.2) is 11.5 Å². The first kappa shape index (κ1) is 20.8. The van der Waals surface area contributed by atoms with Gasteiger partial charge in [-0.15, -0.1) is 11.8 Å². The molecular weight excluding hydrogens is 422 g/mol. The number of nitrogens with zero attached hydrogens (tertiary/aromatic N) is 1. The van der Waals surface area contributed by atoms with Gasteiger partial charge in [0.2, 0.25) is 10.0 Å². The van der Waals surface area contributed by atoms with Crippen LogP contribution in [0.15, 0.2) is 59.5 Å². The Morgan fingerprint density at radius 2 is 1.53 bits per heavy atom. The molecule has 4 rings (SSSR count). The van der Waals surface area contributed by atoms with Crippen LogP contribution in [0.3, 0.4) is 0 Å². The molecule has 0 spiro atoms. The summed E-state index contributed by atoms with van der Waals surface area (Å²) in [7, 11) is 0.968. The molecule has 0 aromatic heterocycles. The molecular formula is C22H23NO5S2. The number of thioether (sulfide) groups is 1. The average Bonchev–Trinajstić information content (AvgIpc) is 3.28. The molecule has 0 aliphatic carbocycles. The molecule has 1 unspecified atom stereocenters. The van der Waals surface area contributed by atoms with E-state index in [1.807, 2.05) is 30.3 Å². The number of rotatable bonds is 6. The van der Waals surface area contributed by atoms with Crippen LogP contribution in [0.5, 0.6) is 17.2 Å². The van der Waals surface area contributed by atoms with E-state index < -0.39 is 15.4 Å². The molecule has 0 amide bonds. The van der Waals surface area contributed by atoms with E-state index in [0.29, 0.717) is 29.5 Å². The second-order valence-corrected chi connectivity index (χ2v) is 9.88. The molecule has 6 nitrogen and oxygen atoms in total. The lowest BCUT2D eigenvalue weighted by atomic mass is 10.1. The maximum atomic E-state index is 13.6. The molecule has 3 aromatic rings. The van der Waals surface area contributed by atoms with Crippen LogP contribution in [-0.2, 0) is 10.0 Å². The highest BCUT2D eigenvalue weighted by Crippen LogP contribution is 2.47. The van der Waals surface area contributed by atoms with Gasteiger partial charge in [0, 0.05) is 23.9 Å². The quantitative estimate of drug-likeness (QED) is 0.564. The molecule has 0 bridgehead atoms. The van der Waals surface area contributed by atoms with Gasteiger partial charge < -0.3 is 14.2 Å². The van der Waals surface area contributed by atoms with Gasteiger partial charge in [-0.05, 0) is 29.0 Å². The van der Waals surface area contributed by atoms with Gasteiger partial charge in [-0.1, -0.05) is 30.3 Å². The van der Waals surface area contributed by atoms with E-state index in [2.05, 4.69) is 0 Å². The fourth-order valence-corrected chi connectivity index (χ4v) is 6.94. The topological polar surface area (TPSA) is 65.1 Å². The molecule has 30 heavy (non-hydrogen) atoms. The van der Waals surface area contributed by atoms with Crippen molar-refractivity contribution in [2.75, 3.05) is 33.6 Å². The first-order valence-electron chi connectivity index (χ1n) is 9.41. The fourth-order valence-electron chi connectivity index (χ4n) is 3.65. The Morgan fingerprint density at radius 1 is 0.867 bits per heavy atom. The van der Waals surface area contributed by atoms with Crippen molar-refractivity contribution in [1.29, 1.82) is 0 Å². The normalized spacial score (nSPS) is 17.2. The van der Waals surface area contributed by atoms with Crippen molar-refractivity contribution in [2.45, 2.75) is 10.3 Å². The molecule has 0 N–H and O–H groups in total. The SMILES string of the molecule is COc1cc(OC)c(C2SCCN2S(=O)(=O)c2ccc3ccccc3c2)cc1OC. The van der Waals surface area contributed by atoms with E-state index in [1.165, 1.54) is 4.31 Å². The third-order valence-electron chi connectivity index (χ3n) is 5.18. The van der Waals surface area contributed by atoms with Crippen LogP contribution >= 0.6 is 11.8 Å². The third-order valence-corrected chi connectivity index (χ3v) is 8.41. The summed E-state index contributed by atoms with van der Waals surface area (Å²) in [6.07, 6.45) is 0. The molecule has 158 valence electrons. The Hall–Kier alpha value is -2.42.